The lowest BCUT2D eigenvalue weighted by molar-refractivity contribution is 0.0529. The number of pyridine rings is 1. The van der Waals surface area contributed by atoms with Crippen LogP contribution in [-0.2, 0) is 9.47 Å². The van der Waals surface area contributed by atoms with E-state index in [9.17, 15) is 9.59 Å². The van der Waals surface area contributed by atoms with Gasteiger partial charge in [0.05, 0.1) is 14.2 Å². The van der Waals surface area contributed by atoms with E-state index in [0.717, 1.165) is 0 Å². The van der Waals surface area contributed by atoms with Gasteiger partial charge in [0, 0.05) is 23.3 Å². The van der Waals surface area contributed by atoms with E-state index in [1.807, 2.05) is 0 Å². The molecule has 0 radical (unpaired) electrons. The van der Waals surface area contributed by atoms with Gasteiger partial charge in [-0.25, -0.2) is 14.6 Å². The molecule has 0 atom stereocenters. The van der Waals surface area contributed by atoms with Crippen molar-refractivity contribution in [1.82, 2.24) is 10.3 Å². The summed E-state index contributed by atoms with van der Waals surface area (Å²) < 4.78 is 14.9. The van der Waals surface area contributed by atoms with Crippen LogP contribution in [0.3, 0.4) is 0 Å². The molecule has 1 N–H and O–H groups in total. The summed E-state index contributed by atoms with van der Waals surface area (Å²) in [6.45, 7) is 5.79. The molecule has 1 heterocycles. The van der Waals surface area contributed by atoms with Crippen LogP contribution in [0.15, 0.2) is 17.0 Å². The summed E-state index contributed by atoms with van der Waals surface area (Å²) in [4.78, 5) is 28.0. The molecule has 1 aromatic heterocycles. The molecule has 0 bridgehead atoms. The van der Waals surface area contributed by atoms with Crippen molar-refractivity contribution in [2.75, 3.05) is 26.5 Å². The molecule has 0 fully saturated rings. The van der Waals surface area contributed by atoms with E-state index in [1.54, 1.807) is 32.9 Å². The predicted octanol–water partition coefficient (Wildman–Crippen LogP) is 2.49. The van der Waals surface area contributed by atoms with Crippen LogP contribution in [-0.4, -0.2) is 49.2 Å². The van der Waals surface area contributed by atoms with Gasteiger partial charge in [0.1, 0.15) is 5.60 Å². The molecule has 0 saturated heterocycles. The normalized spacial score (nSPS) is 10.8. The van der Waals surface area contributed by atoms with Gasteiger partial charge in [0.25, 0.3) is 0 Å². The molecule has 0 spiro atoms. The summed E-state index contributed by atoms with van der Waals surface area (Å²) in [6, 6.07) is 3.40. The minimum absolute atomic E-state index is 0.189. The molecule has 0 unspecified atom stereocenters. The molecular weight excluding hydrogens is 320 g/mol. The van der Waals surface area contributed by atoms with Crippen molar-refractivity contribution < 1.29 is 23.8 Å². The van der Waals surface area contributed by atoms with Crippen LogP contribution in [0.5, 0.6) is 5.88 Å². The molecule has 0 aromatic carbocycles. The number of thioether (sulfide) groups is 1. The number of nitrogens with one attached hydrogen (secondary N) is 1. The van der Waals surface area contributed by atoms with Crippen molar-refractivity contribution in [3.05, 3.63) is 17.8 Å². The van der Waals surface area contributed by atoms with Crippen LogP contribution in [0.25, 0.3) is 0 Å². The summed E-state index contributed by atoms with van der Waals surface area (Å²) in [5.74, 6) is 0.352. The average Bonchev–Trinajstić information content (AvgIpc) is 2.49. The molecular formula is C15H22N2O5S. The third kappa shape index (κ3) is 6.77. The number of amides is 1. The van der Waals surface area contributed by atoms with Crippen molar-refractivity contribution in [3.8, 4) is 5.88 Å². The number of carbonyl (C=O) groups excluding carboxylic acids is 2. The van der Waals surface area contributed by atoms with Crippen molar-refractivity contribution in [1.29, 1.82) is 0 Å². The number of hydrogen-bond acceptors (Lipinski definition) is 7. The monoisotopic (exact) mass is 342 g/mol. The van der Waals surface area contributed by atoms with E-state index >= 15 is 0 Å². The lowest BCUT2D eigenvalue weighted by atomic mass is 10.2. The molecule has 8 heteroatoms. The molecule has 1 amide bonds. The summed E-state index contributed by atoms with van der Waals surface area (Å²) in [5, 5.41) is 2.65. The SMILES string of the molecule is COC(=O)c1nc(OC)ccc1SCCNC(=O)OC(C)(C)C. The second kappa shape index (κ2) is 8.61. The Hall–Kier alpha value is -1.96. The third-order valence-corrected chi connectivity index (χ3v) is 3.50. The Kier molecular flexibility index (Phi) is 7.15. The highest BCUT2D eigenvalue weighted by Crippen LogP contribution is 2.24. The zero-order valence-electron chi connectivity index (χ0n) is 14.0. The average molecular weight is 342 g/mol. The molecule has 7 nitrogen and oxygen atoms in total. The van der Waals surface area contributed by atoms with Gasteiger partial charge < -0.3 is 19.5 Å². The van der Waals surface area contributed by atoms with Crippen LogP contribution in [0.1, 0.15) is 31.3 Å². The lowest BCUT2D eigenvalue weighted by Gasteiger charge is -2.19. The zero-order valence-corrected chi connectivity index (χ0v) is 14.8. The van der Waals surface area contributed by atoms with E-state index in [-0.39, 0.29) is 5.69 Å². The zero-order chi connectivity index (χ0) is 17.5. The van der Waals surface area contributed by atoms with Gasteiger partial charge in [-0.2, -0.15) is 0 Å². The van der Waals surface area contributed by atoms with Crippen LogP contribution >= 0.6 is 11.8 Å². The van der Waals surface area contributed by atoms with Crippen LogP contribution in [0.2, 0.25) is 0 Å². The van der Waals surface area contributed by atoms with Gasteiger partial charge in [0.15, 0.2) is 5.69 Å². The first-order valence-corrected chi connectivity index (χ1v) is 7.98. The number of carbonyl (C=O) groups is 2. The lowest BCUT2D eigenvalue weighted by Crippen LogP contribution is -2.33. The van der Waals surface area contributed by atoms with Crippen LogP contribution in [0.4, 0.5) is 4.79 Å². The summed E-state index contributed by atoms with van der Waals surface area (Å²) in [7, 11) is 2.77. The van der Waals surface area contributed by atoms with Crippen molar-refractivity contribution in [3.63, 3.8) is 0 Å². The second-order valence-corrected chi connectivity index (χ2v) is 6.61. The van der Waals surface area contributed by atoms with Gasteiger partial charge in [-0.3, -0.25) is 0 Å². The van der Waals surface area contributed by atoms with E-state index < -0.39 is 17.7 Å². The number of nitrogens with zero attached hydrogens (tertiary/aromatic N) is 1. The number of rotatable bonds is 6. The Morgan fingerprint density at radius 2 is 1.96 bits per heavy atom. The fourth-order valence-electron chi connectivity index (χ4n) is 1.53. The largest absolute Gasteiger partial charge is 0.481 e. The topological polar surface area (TPSA) is 86.8 Å². The highest BCUT2D eigenvalue weighted by Gasteiger charge is 2.17. The van der Waals surface area contributed by atoms with Gasteiger partial charge in [0.2, 0.25) is 5.88 Å². The minimum atomic E-state index is -0.536. The highest BCUT2D eigenvalue weighted by molar-refractivity contribution is 7.99. The van der Waals surface area contributed by atoms with Gasteiger partial charge in [-0.15, -0.1) is 11.8 Å². The number of hydrogen-bond donors (Lipinski definition) is 1. The maximum atomic E-state index is 11.8. The number of alkyl carbamates (subject to hydrolysis) is 1. The number of esters is 1. The molecule has 0 aliphatic rings. The smallest absolute Gasteiger partial charge is 0.407 e. The number of aromatic nitrogens is 1. The fraction of sp³-hybridized carbons (Fsp3) is 0.533. The van der Waals surface area contributed by atoms with Crippen molar-refractivity contribution in [2.45, 2.75) is 31.3 Å². The Morgan fingerprint density at radius 1 is 1.26 bits per heavy atom. The van der Waals surface area contributed by atoms with E-state index in [0.29, 0.717) is 23.1 Å². The quantitative estimate of drug-likeness (QED) is 0.483. The first-order chi connectivity index (χ1) is 10.8. The maximum Gasteiger partial charge on any atom is 0.407 e. The first kappa shape index (κ1) is 19.1. The predicted molar refractivity (Wildman–Crippen MR) is 87.1 cm³/mol. The summed E-state index contributed by atoms with van der Waals surface area (Å²) >= 11 is 1.38. The maximum absolute atomic E-state index is 11.8. The first-order valence-electron chi connectivity index (χ1n) is 7.00. The highest BCUT2D eigenvalue weighted by atomic mass is 32.2. The Morgan fingerprint density at radius 3 is 2.52 bits per heavy atom. The van der Waals surface area contributed by atoms with Gasteiger partial charge in [-0.05, 0) is 26.8 Å². The van der Waals surface area contributed by atoms with Gasteiger partial charge in [-0.1, -0.05) is 0 Å². The fourth-order valence-corrected chi connectivity index (χ4v) is 2.38. The molecule has 0 saturated carbocycles. The Labute approximate surface area is 140 Å². The number of ether oxygens (including phenoxy) is 3. The molecule has 23 heavy (non-hydrogen) atoms. The van der Waals surface area contributed by atoms with Crippen LogP contribution < -0.4 is 10.1 Å². The molecule has 0 aliphatic carbocycles. The standard InChI is InChI=1S/C15H22N2O5S/c1-15(2,3)22-14(19)16-8-9-23-10-6-7-11(20-4)17-12(10)13(18)21-5/h6-7H,8-9H2,1-5H3,(H,16,19). The second-order valence-electron chi connectivity index (χ2n) is 5.47. The number of methoxy groups -OCH3 is 2. The Balaban J connectivity index is 2.57. The van der Waals surface area contributed by atoms with Crippen molar-refractivity contribution in [2.24, 2.45) is 0 Å². The molecule has 128 valence electrons. The summed E-state index contributed by atoms with van der Waals surface area (Å²) in [6.07, 6.45) is -0.473. The Bertz CT molecular complexity index is 557. The van der Waals surface area contributed by atoms with E-state index in [2.05, 4.69) is 10.3 Å². The van der Waals surface area contributed by atoms with Gasteiger partial charge >= 0.3 is 12.1 Å². The van der Waals surface area contributed by atoms with Crippen molar-refractivity contribution >= 4 is 23.8 Å². The van der Waals surface area contributed by atoms with Crippen LogP contribution in [0, 0.1) is 0 Å². The van der Waals surface area contributed by atoms with E-state index in [1.165, 1.54) is 26.0 Å². The third-order valence-electron chi connectivity index (χ3n) is 2.45. The minimum Gasteiger partial charge on any atom is -0.481 e. The molecule has 0 aliphatic heterocycles. The molecule has 1 aromatic rings. The summed E-state index contributed by atoms with van der Waals surface area (Å²) in [5.41, 5.74) is -0.344. The molecule has 1 rings (SSSR count). The van der Waals surface area contributed by atoms with E-state index in [4.69, 9.17) is 14.2 Å².